The number of aliphatic imine (C=N–C) groups is 4. The van der Waals surface area contributed by atoms with Crippen molar-refractivity contribution in [1.29, 1.82) is 0 Å². The van der Waals surface area contributed by atoms with Gasteiger partial charge in [0.05, 0.1) is 46.7 Å². The number of furan rings is 2. The largest absolute Gasteiger partial charge is 0.473 e. The molecule has 0 bridgehead atoms. The first kappa shape index (κ1) is 79.5. The maximum Gasteiger partial charge on any atom is 0.149 e. The highest BCUT2D eigenvalue weighted by molar-refractivity contribution is 7.07. The van der Waals surface area contributed by atoms with E-state index in [-0.39, 0.29) is 0 Å². The van der Waals surface area contributed by atoms with Gasteiger partial charge in [-0.25, -0.2) is 4.99 Å². The van der Waals surface area contributed by atoms with E-state index < -0.39 is 0 Å². The topological polar surface area (TPSA) is 75.7 Å². The average Bonchev–Trinajstić information content (AvgIpc) is 3.01. The molecule has 0 saturated heterocycles. The quantitative estimate of drug-likeness (QED) is 0.173. The second-order valence-electron chi connectivity index (χ2n) is 18.7. The van der Waals surface area contributed by atoms with Gasteiger partial charge in [-0.3, -0.25) is 15.0 Å². The summed E-state index contributed by atoms with van der Waals surface area (Å²) in [5.41, 5.74) is 27.7. The molecule has 4 aliphatic heterocycles. The average molecular weight is 1190 g/mol. The van der Waals surface area contributed by atoms with Crippen molar-refractivity contribution >= 4 is 67.9 Å². The second kappa shape index (κ2) is 45.8. The van der Waals surface area contributed by atoms with Gasteiger partial charge in [0.2, 0.25) is 0 Å². The van der Waals surface area contributed by atoms with E-state index in [9.17, 15) is 0 Å². The van der Waals surface area contributed by atoms with Crippen LogP contribution in [0.3, 0.4) is 0 Å². The summed E-state index contributed by atoms with van der Waals surface area (Å²) in [4.78, 5) is 18.7. The highest BCUT2D eigenvalue weighted by atomic mass is 32.1. The van der Waals surface area contributed by atoms with E-state index in [0.29, 0.717) is 0 Å². The van der Waals surface area contributed by atoms with Crippen LogP contribution in [0.25, 0.3) is 11.0 Å². The predicted octanol–water partition coefficient (Wildman–Crippen LogP) is 25.8. The van der Waals surface area contributed by atoms with Gasteiger partial charge in [-0.05, 0) is 177 Å². The van der Waals surface area contributed by atoms with E-state index in [0.717, 1.165) is 53.8 Å². The summed E-state index contributed by atoms with van der Waals surface area (Å²) in [7, 11) is 0. The van der Waals surface area contributed by atoms with Crippen LogP contribution in [0, 0.1) is 55.4 Å². The summed E-state index contributed by atoms with van der Waals surface area (Å²) in [5, 5.41) is 5.22. The van der Waals surface area contributed by atoms with Gasteiger partial charge in [-0.2, -0.15) is 11.3 Å². The van der Waals surface area contributed by atoms with Gasteiger partial charge in [0.1, 0.15) is 11.3 Å². The van der Waals surface area contributed by atoms with E-state index in [2.05, 4.69) is 169 Å². The first-order valence-corrected chi connectivity index (χ1v) is 33.4. The third-order valence-corrected chi connectivity index (χ3v) is 13.8. The smallest absolute Gasteiger partial charge is 0.149 e. The molecule has 6 nitrogen and oxygen atoms in total. The van der Waals surface area contributed by atoms with Crippen molar-refractivity contribution < 1.29 is 8.83 Å². The normalized spacial score (nSPS) is 11.2. The summed E-state index contributed by atoms with van der Waals surface area (Å²) < 4.78 is 10.5. The minimum absolute atomic E-state index is 0.864. The molecule has 0 saturated carbocycles. The Morgan fingerprint density at radius 3 is 0.989 bits per heavy atom. The van der Waals surface area contributed by atoms with E-state index in [1.54, 1.807) is 23.9 Å². The van der Waals surface area contributed by atoms with Crippen LogP contribution in [-0.4, -0.2) is 22.8 Å². The molecule has 0 atom stereocenters. The molecule has 87 heavy (non-hydrogen) atoms. The van der Waals surface area contributed by atoms with Crippen LogP contribution >= 0.6 is 11.3 Å². The van der Waals surface area contributed by atoms with Gasteiger partial charge in [0.25, 0.3) is 0 Å². The molecule has 7 heterocycles. The fraction of sp³-hybridized carbons (Fsp3) is 0.375. The van der Waals surface area contributed by atoms with Crippen LogP contribution in [-0.2, 0) is 25.7 Å². The molecule has 9 aromatic rings. The maximum atomic E-state index is 5.93. The standard InChI is InChI=1S/C18H15NO.C16H15N.2C11H13N.C4H4O.C4H4S.8C2H6/c1-11-7-8-12(2)18-14(11)10-15(19-18)17-9-13-5-3-4-6-16(13)20-17;1-11-8-9-12(2)16-14(11)10-15(17-16)13-6-4-3-5-7-13;2*1-7-4-5-8(2)11-10(7)6-9(3)12-11;2*1-2-4-5-3-1;8*1-2/h3-9H,10H2,1-2H3;3-9H,10H2,1-2H3;2*4-5H,6H2,1-3H3;2*1-4H;8*1-2H3. The number of rotatable bonds is 2. The lowest BCUT2D eigenvalue weighted by Gasteiger charge is -2.04. The molecule has 6 aromatic carbocycles. The van der Waals surface area contributed by atoms with Gasteiger partial charge in [-0.15, -0.1) is 0 Å². The van der Waals surface area contributed by atoms with E-state index >= 15 is 0 Å². The Balaban J connectivity index is 0.00000101. The molecule has 0 fully saturated rings. The van der Waals surface area contributed by atoms with Crippen molar-refractivity contribution in [3.05, 3.63) is 235 Å². The summed E-state index contributed by atoms with van der Waals surface area (Å²) in [6.07, 6.45) is 7.17. The lowest BCUT2D eigenvalue weighted by Crippen LogP contribution is -2.00. The van der Waals surface area contributed by atoms with Crippen molar-refractivity contribution in [1.82, 2.24) is 0 Å². The molecule has 7 heteroatoms. The Bertz CT molecular complexity index is 3240. The summed E-state index contributed by atoms with van der Waals surface area (Å²) in [6, 6.07) is 45.7. The monoisotopic (exact) mass is 1190 g/mol. The number of benzene rings is 6. The fourth-order valence-electron chi connectivity index (χ4n) is 9.11. The third kappa shape index (κ3) is 24.3. The van der Waals surface area contributed by atoms with E-state index in [1.807, 2.05) is 170 Å². The molecule has 0 N–H and O–H groups in total. The Labute approximate surface area is 534 Å². The Morgan fingerprint density at radius 2 is 0.655 bits per heavy atom. The number of hydrogen-bond donors (Lipinski definition) is 0. The van der Waals surface area contributed by atoms with Crippen LogP contribution in [0.4, 0.5) is 22.7 Å². The van der Waals surface area contributed by atoms with E-state index in [4.69, 9.17) is 14.4 Å². The van der Waals surface area contributed by atoms with Gasteiger partial charge in [-0.1, -0.05) is 220 Å². The maximum absolute atomic E-state index is 5.93. The Morgan fingerprint density at radius 1 is 0.322 bits per heavy atom. The predicted molar refractivity (Wildman–Crippen MR) is 393 cm³/mol. The zero-order valence-electron chi connectivity index (χ0n) is 58.9. The zero-order chi connectivity index (χ0) is 66.0. The SMILES string of the molecule is CC.CC.CC.CC.CC.CC.CC.CC.CC1=Nc2c(C)ccc(C)c2C1.CC1=Nc2c(C)ccc(C)c2C1.Cc1ccc(C)c2c1CC(c1cc3ccccc3o1)=N2.Cc1ccc(C)c2c1CC(c1ccccc1)=N2.c1ccoc1.c1ccsc1. The number of thiophene rings is 1. The molecule has 0 unspecified atom stereocenters. The molecule has 470 valence electrons. The van der Waals surface area contributed by atoms with Crippen LogP contribution < -0.4 is 0 Å². The second-order valence-corrected chi connectivity index (χ2v) is 19.5. The molecule has 4 aliphatic rings. The molecule has 0 amide bonds. The lowest BCUT2D eigenvalue weighted by atomic mass is 9.99. The van der Waals surface area contributed by atoms with Crippen molar-refractivity contribution in [2.24, 2.45) is 20.0 Å². The first-order chi connectivity index (χ1) is 42.3. The Kier molecular flexibility index (Phi) is 41.8. The molecule has 3 aromatic heterocycles. The number of fused-ring (bicyclic) bond motifs is 5. The first-order valence-electron chi connectivity index (χ1n) is 32.4. The van der Waals surface area contributed by atoms with Gasteiger partial charge in [0, 0.05) is 42.5 Å². The third-order valence-electron chi connectivity index (χ3n) is 13.2. The van der Waals surface area contributed by atoms with Crippen LogP contribution in [0.2, 0.25) is 0 Å². The van der Waals surface area contributed by atoms with Crippen LogP contribution in [0.5, 0.6) is 0 Å². The number of para-hydroxylation sites is 1. The number of nitrogens with zero attached hydrogens (tertiary/aromatic N) is 4. The number of aryl methyl sites for hydroxylation is 8. The minimum atomic E-state index is 0.864. The molecule has 0 radical (unpaired) electrons. The lowest BCUT2D eigenvalue weighted by molar-refractivity contribution is 0.567. The Hall–Kier alpha value is -7.48. The molecule has 13 rings (SSSR count). The summed E-state index contributed by atoms with van der Waals surface area (Å²) in [6.45, 7) is 53.3. The van der Waals surface area contributed by atoms with Gasteiger partial charge < -0.3 is 8.83 Å². The zero-order valence-corrected chi connectivity index (χ0v) is 59.7. The van der Waals surface area contributed by atoms with Gasteiger partial charge in [0.15, 0.2) is 0 Å². The highest BCUT2D eigenvalue weighted by Crippen LogP contribution is 2.37. The van der Waals surface area contributed by atoms with Gasteiger partial charge >= 0.3 is 0 Å². The van der Waals surface area contributed by atoms with E-state index in [1.165, 1.54) is 107 Å². The summed E-state index contributed by atoms with van der Waals surface area (Å²) >= 11 is 1.71. The highest BCUT2D eigenvalue weighted by Gasteiger charge is 2.23. The minimum Gasteiger partial charge on any atom is -0.473 e. The summed E-state index contributed by atoms with van der Waals surface area (Å²) in [5.74, 6) is 0.890. The van der Waals surface area contributed by atoms with Crippen LogP contribution in [0.1, 0.15) is 203 Å². The molecule has 0 spiro atoms. The fourth-order valence-corrected chi connectivity index (χ4v) is 9.56. The van der Waals surface area contributed by atoms with Crippen molar-refractivity contribution in [3.8, 4) is 0 Å². The molecular formula is C80H112N4O2S. The van der Waals surface area contributed by atoms with Crippen molar-refractivity contribution in [3.63, 3.8) is 0 Å². The van der Waals surface area contributed by atoms with Crippen molar-refractivity contribution in [2.75, 3.05) is 0 Å². The number of hydrogen-bond acceptors (Lipinski definition) is 7. The van der Waals surface area contributed by atoms with Crippen LogP contribution in [0.15, 0.2) is 186 Å². The molecular weight excluding hydrogens is 1080 g/mol. The van der Waals surface area contributed by atoms with Crippen molar-refractivity contribution in [2.45, 2.75) is 206 Å². The molecule has 0 aliphatic carbocycles.